The van der Waals surface area contributed by atoms with Gasteiger partial charge in [0.05, 0.1) is 69.9 Å². The largest absolute Gasteiger partial charge is 0.309 e. The molecule has 88 heavy (non-hydrogen) atoms. The maximum absolute atomic E-state index is 9.70. The van der Waals surface area contributed by atoms with Crippen LogP contribution in [-0.4, -0.2) is 29.1 Å². The van der Waals surface area contributed by atoms with E-state index in [4.69, 9.17) is 33.1 Å². The number of fused-ring (bicyclic) bond motifs is 6. The summed E-state index contributed by atoms with van der Waals surface area (Å²) in [6.07, 6.45) is 3.80. The van der Waals surface area contributed by atoms with Gasteiger partial charge in [-0.05, 0) is 142 Å². The van der Waals surface area contributed by atoms with E-state index in [0.717, 1.165) is 127 Å². The first-order valence-electron chi connectivity index (χ1n) is 28.5. The van der Waals surface area contributed by atoms with E-state index in [1.165, 1.54) is 0 Å². The fourth-order valence-corrected chi connectivity index (χ4v) is 12.0. The van der Waals surface area contributed by atoms with Gasteiger partial charge in [-0.3, -0.25) is 4.98 Å². The molecule has 4 heterocycles. The number of rotatable bonds is 10. The van der Waals surface area contributed by atoms with Crippen molar-refractivity contribution < 1.29 is 0 Å². The summed E-state index contributed by atoms with van der Waals surface area (Å²) in [6.45, 7) is 15.3. The highest BCUT2D eigenvalue weighted by Gasteiger charge is 2.24. The van der Waals surface area contributed by atoms with Gasteiger partial charge in [0.2, 0.25) is 0 Å². The van der Waals surface area contributed by atoms with Gasteiger partial charge in [-0.1, -0.05) is 158 Å². The fourth-order valence-electron chi connectivity index (χ4n) is 12.0. The summed E-state index contributed by atoms with van der Waals surface area (Å²) in [5, 5.41) is 23.5. The first-order chi connectivity index (χ1) is 43.4. The molecule has 15 aromatic rings. The molecule has 0 aliphatic carbocycles. The lowest BCUT2D eigenvalue weighted by molar-refractivity contribution is 1.07. The Hall–Kier alpha value is -12.9. The molecule has 0 unspecified atom stereocenters. The number of benzene rings is 11. The summed E-state index contributed by atoms with van der Waals surface area (Å²) in [7, 11) is 0. The first kappa shape index (κ1) is 52.0. The van der Waals surface area contributed by atoms with Crippen LogP contribution < -0.4 is 0 Å². The number of aromatic nitrogens is 6. The minimum Gasteiger partial charge on any atom is -0.309 e. The SMILES string of the molecule is [C-]#[N+]c1ccc(-c2ccc3c(c2)c2cc(-c4ccc([N+]#[C-])cc4)ccc2n3-c2ccc(-c3nc(-c4ccccc4)nc(-c4ccccc4)n3)cc2-c2cnccc2-n2c3ccc(-c4ccc(C#N)cc4)cc3c3cc(-c4ccc(C#N)cc4)ccc32)cc1. The quantitative estimate of drug-likeness (QED) is 0.126. The van der Waals surface area contributed by atoms with E-state index in [2.05, 4.69) is 128 Å². The molecular formula is C78H44N10. The number of hydrogen-bond donors (Lipinski definition) is 0. The van der Waals surface area contributed by atoms with Gasteiger partial charge in [0, 0.05) is 61.8 Å². The average molecular weight is 1120 g/mol. The molecule has 0 bridgehead atoms. The molecule has 0 fully saturated rings. The van der Waals surface area contributed by atoms with Crippen molar-refractivity contribution in [3.63, 3.8) is 0 Å². The van der Waals surface area contributed by atoms with Gasteiger partial charge in [0.25, 0.3) is 0 Å². The van der Waals surface area contributed by atoms with E-state index in [9.17, 15) is 10.5 Å². The molecule has 11 aromatic carbocycles. The van der Waals surface area contributed by atoms with Crippen LogP contribution in [0, 0.1) is 35.8 Å². The van der Waals surface area contributed by atoms with Crippen LogP contribution in [0.1, 0.15) is 11.1 Å². The van der Waals surface area contributed by atoms with Crippen molar-refractivity contribution in [1.82, 2.24) is 29.1 Å². The number of pyridine rings is 1. The molecule has 0 amide bonds. The predicted molar refractivity (Wildman–Crippen MR) is 352 cm³/mol. The van der Waals surface area contributed by atoms with Crippen LogP contribution in [0.15, 0.2) is 267 Å². The lowest BCUT2D eigenvalue weighted by atomic mass is 9.99. The van der Waals surface area contributed by atoms with E-state index in [1.807, 2.05) is 170 Å². The monoisotopic (exact) mass is 1120 g/mol. The number of nitriles is 2. The second-order valence-corrected chi connectivity index (χ2v) is 21.5. The number of hydrogen-bond acceptors (Lipinski definition) is 6. The summed E-state index contributed by atoms with van der Waals surface area (Å²) in [4.78, 5) is 27.8. The molecule has 10 heteroatoms. The van der Waals surface area contributed by atoms with Crippen molar-refractivity contribution in [2.75, 3.05) is 0 Å². The first-order valence-corrected chi connectivity index (χ1v) is 28.5. The van der Waals surface area contributed by atoms with Gasteiger partial charge < -0.3 is 9.13 Å². The molecule has 0 spiro atoms. The van der Waals surface area contributed by atoms with Crippen LogP contribution in [0.3, 0.4) is 0 Å². The van der Waals surface area contributed by atoms with E-state index >= 15 is 0 Å². The van der Waals surface area contributed by atoms with Crippen molar-refractivity contribution in [2.24, 2.45) is 0 Å². The zero-order valence-corrected chi connectivity index (χ0v) is 46.9. The Morgan fingerprint density at radius 1 is 0.318 bits per heavy atom. The van der Waals surface area contributed by atoms with Crippen LogP contribution >= 0.6 is 0 Å². The standard InChI is InChI=1S/C78H44N10/c1-81-62-30-21-53(22-31-62)59-27-34-70-64(43-59)65-44-60(54-23-32-63(82-2)33-24-54)28-35-71(65)87(70)74-38-29-61(78-85-76(55-9-5-3-6-10-55)84-77(86-78)56-11-7-4-8-12-56)45-68(74)69-48-83-40-39-75(69)88-72-36-25-57(51-17-13-49(46-79)14-18-51)41-66(72)67-42-58(26-37-73(67)88)52-19-15-50(47-80)16-20-52/h3-45,48H. The minimum atomic E-state index is 0.499. The highest BCUT2D eigenvalue weighted by molar-refractivity contribution is 6.14. The Kier molecular flexibility index (Phi) is 12.8. The molecule has 0 saturated carbocycles. The van der Waals surface area contributed by atoms with Gasteiger partial charge in [0.15, 0.2) is 28.8 Å². The van der Waals surface area contributed by atoms with Crippen LogP contribution in [0.5, 0.6) is 0 Å². The van der Waals surface area contributed by atoms with Gasteiger partial charge in [0.1, 0.15) is 0 Å². The van der Waals surface area contributed by atoms with Gasteiger partial charge in [-0.15, -0.1) is 0 Å². The van der Waals surface area contributed by atoms with Crippen molar-refractivity contribution in [2.45, 2.75) is 0 Å². The summed E-state index contributed by atoms with van der Waals surface area (Å²) in [6, 6.07) is 90.1. The van der Waals surface area contributed by atoms with Crippen LogP contribution in [0.4, 0.5) is 11.4 Å². The normalized spacial score (nSPS) is 11.1. The maximum atomic E-state index is 9.70. The second kappa shape index (κ2) is 21.7. The van der Waals surface area contributed by atoms with E-state index in [-0.39, 0.29) is 0 Å². The molecule has 10 nitrogen and oxygen atoms in total. The topological polar surface area (TPSA) is 118 Å². The van der Waals surface area contributed by atoms with Crippen molar-refractivity contribution in [1.29, 1.82) is 10.5 Å². The summed E-state index contributed by atoms with van der Waals surface area (Å²) in [5.41, 5.74) is 20.2. The fraction of sp³-hybridized carbons (Fsp3) is 0. The molecule has 0 aliphatic rings. The second-order valence-electron chi connectivity index (χ2n) is 21.5. The van der Waals surface area contributed by atoms with Gasteiger partial charge in [-0.25, -0.2) is 24.6 Å². The third-order valence-electron chi connectivity index (χ3n) is 16.4. The predicted octanol–water partition coefficient (Wildman–Crippen LogP) is 19.6. The summed E-state index contributed by atoms with van der Waals surface area (Å²) < 4.78 is 4.67. The molecule has 0 aliphatic heterocycles. The molecule has 0 N–H and O–H groups in total. The van der Waals surface area contributed by atoms with Gasteiger partial charge in [-0.2, -0.15) is 10.5 Å². The van der Waals surface area contributed by atoms with Crippen LogP contribution in [-0.2, 0) is 0 Å². The Morgan fingerprint density at radius 2 is 0.659 bits per heavy atom. The molecule has 4 aromatic heterocycles. The Labute approximate surface area is 506 Å². The van der Waals surface area contributed by atoms with Gasteiger partial charge >= 0.3 is 0 Å². The van der Waals surface area contributed by atoms with E-state index in [0.29, 0.717) is 40.0 Å². The molecule has 0 saturated heterocycles. The summed E-state index contributed by atoms with van der Waals surface area (Å²) >= 11 is 0. The third kappa shape index (κ3) is 9.22. The van der Waals surface area contributed by atoms with Crippen LogP contribution in [0.2, 0.25) is 0 Å². The van der Waals surface area contributed by atoms with E-state index in [1.54, 1.807) is 0 Å². The highest BCUT2D eigenvalue weighted by Crippen LogP contribution is 2.45. The lowest BCUT2D eigenvalue weighted by Gasteiger charge is -2.19. The molecule has 0 atom stereocenters. The minimum absolute atomic E-state index is 0.499. The third-order valence-corrected chi connectivity index (χ3v) is 16.4. The molecular weight excluding hydrogens is 1080 g/mol. The highest BCUT2D eigenvalue weighted by atomic mass is 15.0. The smallest absolute Gasteiger partial charge is 0.187 e. The average Bonchev–Trinajstić information content (AvgIpc) is 1.59. The molecule has 0 radical (unpaired) electrons. The number of nitrogens with zero attached hydrogens (tertiary/aromatic N) is 10. The molecule has 406 valence electrons. The van der Waals surface area contributed by atoms with E-state index < -0.39 is 0 Å². The maximum Gasteiger partial charge on any atom is 0.187 e. The Bertz CT molecular complexity index is 5160. The zero-order valence-electron chi connectivity index (χ0n) is 46.9. The van der Waals surface area contributed by atoms with Crippen LogP contribution in [0.25, 0.3) is 154 Å². The zero-order chi connectivity index (χ0) is 59.2. The lowest BCUT2D eigenvalue weighted by Crippen LogP contribution is -2.04. The van der Waals surface area contributed by atoms with Crippen molar-refractivity contribution >= 4 is 55.0 Å². The summed E-state index contributed by atoms with van der Waals surface area (Å²) in [5.74, 6) is 1.59. The van der Waals surface area contributed by atoms with Crippen molar-refractivity contribution in [3.05, 3.63) is 301 Å². The van der Waals surface area contributed by atoms with Crippen molar-refractivity contribution in [3.8, 4) is 113 Å². The Balaban J connectivity index is 1.01. The molecule has 15 rings (SSSR count). The Morgan fingerprint density at radius 3 is 1.03 bits per heavy atom.